The molecule has 0 saturated heterocycles. The van der Waals surface area contributed by atoms with E-state index < -0.39 is 5.97 Å². The number of rotatable bonds is 4. The third-order valence-corrected chi connectivity index (χ3v) is 6.08. The lowest BCUT2D eigenvalue weighted by Gasteiger charge is -2.36. The Kier molecular flexibility index (Phi) is 4.88. The Morgan fingerprint density at radius 2 is 1.86 bits per heavy atom. The van der Waals surface area contributed by atoms with E-state index in [1.165, 1.54) is 5.56 Å². The van der Waals surface area contributed by atoms with Gasteiger partial charge in [0.15, 0.2) is 0 Å². The van der Waals surface area contributed by atoms with Gasteiger partial charge in [0.05, 0.1) is 11.1 Å². The van der Waals surface area contributed by atoms with Gasteiger partial charge in [-0.25, -0.2) is 4.79 Å². The van der Waals surface area contributed by atoms with Gasteiger partial charge in [0.25, 0.3) is 0 Å². The minimum atomic E-state index is -0.888. The van der Waals surface area contributed by atoms with Gasteiger partial charge in [-0.05, 0) is 73.9 Å². The first-order valence-corrected chi connectivity index (χ1v) is 10.0. The summed E-state index contributed by atoms with van der Waals surface area (Å²) in [4.78, 5) is 14.5. The largest absolute Gasteiger partial charge is 0.489 e. The van der Waals surface area contributed by atoms with Gasteiger partial charge >= 0.3 is 5.97 Å². The lowest BCUT2D eigenvalue weighted by Crippen LogP contribution is -2.32. The number of aryl methyl sites for hydroxylation is 2. The van der Waals surface area contributed by atoms with E-state index in [1.807, 2.05) is 18.3 Å². The third-order valence-electron chi connectivity index (χ3n) is 6.08. The maximum atomic E-state index is 11.2. The molecule has 3 aromatic rings. The van der Waals surface area contributed by atoms with E-state index in [0.717, 1.165) is 47.0 Å². The zero-order chi connectivity index (χ0) is 19.8. The quantitative estimate of drug-likeness (QED) is 0.601. The Bertz CT molecular complexity index is 1000. The molecule has 1 fully saturated rings. The summed E-state index contributed by atoms with van der Waals surface area (Å²) in [6.07, 6.45) is 5.26. The van der Waals surface area contributed by atoms with Crippen LogP contribution in [-0.4, -0.2) is 22.2 Å². The Labute approximate surface area is 165 Å². The Hall–Kier alpha value is -2.75. The average Bonchev–Trinajstić information content (AvgIpc) is 3.16. The maximum Gasteiger partial charge on any atom is 0.335 e. The fourth-order valence-corrected chi connectivity index (χ4v) is 4.59. The van der Waals surface area contributed by atoms with Crippen LogP contribution in [0.15, 0.2) is 42.6 Å². The first-order valence-electron chi connectivity index (χ1n) is 10.0. The molecule has 0 amide bonds. The Balaban J connectivity index is 1.67. The molecule has 28 heavy (non-hydrogen) atoms. The monoisotopic (exact) mass is 377 g/mol. The smallest absolute Gasteiger partial charge is 0.335 e. The van der Waals surface area contributed by atoms with Gasteiger partial charge in [0, 0.05) is 17.5 Å². The maximum absolute atomic E-state index is 11.2. The molecule has 1 aromatic heterocycles. The van der Waals surface area contributed by atoms with Crippen LogP contribution >= 0.6 is 0 Å². The van der Waals surface area contributed by atoms with Crippen LogP contribution in [0.3, 0.4) is 0 Å². The number of hydrogen-bond acceptors (Lipinski definition) is 2. The Morgan fingerprint density at radius 1 is 1.11 bits per heavy atom. The topological polar surface area (TPSA) is 62.3 Å². The molecule has 0 spiro atoms. The first-order chi connectivity index (χ1) is 13.4. The molecule has 0 radical (unpaired) electrons. The first kappa shape index (κ1) is 18.6. The summed E-state index contributed by atoms with van der Waals surface area (Å²) in [6.45, 7) is 6.51. The molecule has 0 bridgehead atoms. The van der Waals surface area contributed by atoms with Gasteiger partial charge in [-0.15, -0.1) is 0 Å². The summed E-state index contributed by atoms with van der Waals surface area (Å²) in [5.41, 5.74) is 5.00. The fourth-order valence-electron chi connectivity index (χ4n) is 4.59. The molecule has 1 heterocycles. The van der Waals surface area contributed by atoms with Crippen molar-refractivity contribution in [1.29, 1.82) is 0 Å². The molecule has 0 unspecified atom stereocenters. The highest BCUT2D eigenvalue weighted by Crippen LogP contribution is 2.41. The lowest BCUT2D eigenvalue weighted by atomic mass is 9.76. The van der Waals surface area contributed by atoms with Crippen molar-refractivity contribution in [2.75, 3.05) is 0 Å². The third kappa shape index (κ3) is 3.39. The minimum Gasteiger partial charge on any atom is -0.489 e. The highest BCUT2D eigenvalue weighted by molar-refractivity contribution is 5.90. The number of aromatic carboxylic acids is 1. The molecule has 146 valence electrons. The number of benzene rings is 2. The fraction of sp³-hybridized carbons (Fsp3) is 0.375. The number of nitrogens with one attached hydrogen (secondary N) is 1. The average molecular weight is 377 g/mol. The van der Waals surface area contributed by atoms with E-state index in [1.54, 1.807) is 12.1 Å². The second kappa shape index (κ2) is 7.34. The van der Waals surface area contributed by atoms with Crippen molar-refractivity contribution in [2.24, 2.45) is 5.92 Å². The molecule has 1 aliphatic rings. The predicted molar refractivity (Wildman–Crippen MR) is 111 cm³/mol. The number of ether oxygens (including phenoxy) is 1. The van der Waals surface area contributed by atoms with Crippen molar-refractivity contribution in [1.82, 2.24) is 4.98 Å². The summed E-state index contributed by atoms with van der Waals surface area (Å²) in [5, 5.41) is 10.3. The molecule has 0 aliphatic heterocycles. The number of H-pyrrole nitrogens is 1. The zero-order valence-corrected chi connectivity index (χ0v) is 16.7. The molecule has 1 saturated carbocycles. The summed E-state index contributed by atoms with van der Waals surface area (Å²) in [5.74, 6) is 0.978. The molecule has 2 N–H and O–H groups in total. The van der Waals surface area contributed by atoms with Crippen LogP contribution in [0.1, 0.15) is 59.2 Å². The number of carboxylic acids is 1. The molecule has 4 rings (SSSR count). The number of aromatic nitrogens is 1. The standard InChI is InChI=1S/C24H27NO3/c1-14-4-9-21(20(12-14)17-5-7-18(8-6-17)24(26)27)28-23-16(3)13-15(2)22-19(23)10-11-25-22/h5-8,10-11,13-14,20-21,25H,4,9,12H2,1-3H3,(H,26,27)/t14-,20-,21+/m0/s1. The zero-order valence-electron chi connectivity index (χ0n) is 16.7. The van der Waals surface area contributed by atoms with E-state index >= 15 is 0 Å². The second-order valence-electron chi connectivity index (χ2n) is 8.21. The number of fused-ring (bicyclic) bond motifs is 1. The molecule has 2 aromatic carbocycles. The molecule has 4 heteroatoms. The van der Waals surface area contributed by atoms with Crippen LogP contribution < -0.4 is 4.74 Å². The molecule has 1 aliphatic carbocycles. The van der Waals surface area contributed by atoms with Crippen LogP contribution in [-0.2, 0) is 0 Å². The van der Waals surface area contributed by atoms with Crippen LogP contribution in [0.4, 0.5) is 0 Å². The van der Waals surface area contributed by atoms with Crippen molar-refractivity contribution in [2.45, 2.75) is 52.1 Å². The van der Waals surface area contributed by atoms with E-state index in [-0.39, 0.29) is 12.0 Å². The van der Waals surface area contributed by atoms with E-state index in [9.17, 15) is 9.90 Å². The molecule has 4 nitrogen and oxygen atoms in total. The number of hydrogen-bond donors (Lipinski definition) is 2. The molecule has 3 atom stereocenters. The van der Waals surface area contributed by atoms with Gasteiger partial charge < -0.3 is 14.8 Å². The van der Waals surface area contributed by atoms with Crippen LogP contribution in [0.2, 0.25) is 0 Å². The van der Waals surface area contributed by atoms with Crippen molar-refractivity contribution >= 4 is 16.9 Å². The van der Waals surface area contributed by atoms with Crippen LogP contribution in [0, 0.1) is 19.8 Å². The van der Waals surface area contributed by atoms with E-state index in [0.29, 0.717) is 11.5 Å². The second-order valence-corrected chi connectivity index (χ2v) is 8.21. The van der Waals surface area contributed by atoms with Crippen molar-refractivity contribution in [3.63, 3.8) is 0 Å². The summed E-state index contributed by atoms with van der Waals surface area (Å²) in [7, 11) is 0. The minimum absolute atomic E-state index is 0.0892. The highest BCUT2D eigenvalue weighted by atomic mass is 16.5. The predicted octanol–water partition coefficient (Wildman–Crippen LogP) is 5.83. The summed E-state index contributed by atoms with van der Waals surface area (Å²) < 4.78 is 6.67. The summed E-state index contributed by atoms with van der Waals surface area (Å²) >= 11 is 0. The molecular formula is C24H27NO3. The number of carbonyl (C=O) groups is 1. The van der Waals surface area contributed by atoms with E-state index in [2.05, 4.69) is 37.9 Å². The SMILES string of the molecule is Cc1cc(C)c2[nH]ccc2c1O[C@@H]1CC[C@H](C)C[C@H]1c1ccc(C(=O)O)cc1. The van der Waals surface area contributed by atoms with Crippen molar-refractivity contribution in [3.8, 4) is 5.75 Å². The highest BCUT2D eigenvalue weighted by Gasteiger charge is 2.32. The number of carboxylic acid groups (broad SMARTS) is 1. The number of aromatic amines is 1. The van der Waals surface area contributed by atoms with E-state index in [4.69, 9.17) is 4.74 Å². The molecular weight excluding hydrogens is 350 g/mol. The van der Waals surface area contributed by atoms with Gasteiger partial charge in [-0.3, -0.25) is 0 Å². The summed E-state index contributed by atoms with van der Waals surface area (Å²) in [6, 6.07) is 11.6. The van der Waals surface area contributed by atoms with Gasteiger partial charge in [-0.2, -0.15) is 0 Å². The Morgan fingerprint density at radius 3 is 2.57 bits per heavy atom. The van der Waals surface area contributed by atoms with Crippen molar-refractivity contribution < 1.29 is 14.6 Å². The van der Waals surface area contributed by atoms with Crippen LogP contribution in [0.25, 0.3) is 10.9 Å². The van der Waals surface area contributed by atoms with Gasteiger partial charge in [-0.1, -0.05) is 25.1 Å². The van der Waals surface area contributed by atoms with Crippen molar-refractivity contribution in [3.05, 3.63) is 64.8 Å². The van der Waals surface area contributed by atoms with Crippen LogP contribution in [0.5, 0.6) is 5.75 Å². The van der Waals surface area contributed by atoms with Gasteiger partial charge in [0.2, 0.25) is 0 Å². The normalized spacial score (nSPS) is 22.3. The lowest BCUT2D eigenvalue weighted by molar-refractivity contribution is 0.0697. The van der Waals surface area contributed by atoms with Gasteiger partial charge in [0.1, 0.15) is 11.9 Å².